The van der Waals surface area contributed by atoms with Gasteiger partial charge < -0.3 is 19.9 Å². The summed E-state index contributed by atoms with van der Waals surface area (Å²) in [5.74, 6) is 0.866. The molecule has 8 nitrogen and oxygen atoms in total. The maximum Gasteiger partial charge on any atom is 0.269 e. The fourth-order valence-corrected chi connectivity index (χ4v) is 3.97. The summed E-state index contributed by atoms with van der Waals surface area (Å²) in [5.41, 5.74) is 3.44. The van der Waals surface area contributed by atoms with Crippen LogP contribution in [0.25, 0.3) is 22.2 Å². The highest BCUT2D eigenvalue weighted by molar-refractivity contribution is 6.33. The quantitative estimate of drug-likeness (QED) is 0.308. The number of rotatable bonds is 6. The number of carbonyl (C=O) groups is 1. The number of carbonyl (C=O) groups excluding carboxylic acids is 1. The summed E-state index contributed by atoms with van der Waals surface area (Å²) in [7, 11) is 3.43. The van der Waals surface area contributed by atoms with Gasteiger partial charge in [-0.05, 0) is 42.5 Å². The van der Waals surface area contributed by atoms with E-state index in [2.05, 4.69) is 25.6 Å². The number of benzene rings is 2. The van der Waals surface area contributed by atoms with E-state index < -0.39 is 5.82 Å². The summed E-state index contributed by atoms with van der Waals surface area (Å²) in [6.07, 6.45) is 4.19. The summed E-state index contributed by atoms with van der Waals surface area (Å²) in [4.78, 5) is 24.4. The van der Waals surface area contributed by atoms with Gasteiger partial charge in [-0.25, -0.2) is 9.37 Å². The van der Waals surface area contributed by atoms with E-state index in [1.54, 1.807) is 49.5 Å². The van der Waals surface area contributed by atoms with Crippen molar-refractivity contribution >= 4 is 40.2 Å². The predicted octanol–water partition coefficient (Wildman–Crippen LogP) is 5.72. The van der Waals surface area contributed by atoms with E-state index >= 15 is 0 Å². The fourth-order valence-electron chi connectivity index (χ4n) is 3.75. The second kappa shape index (κ2) is 9.63. The maximum atomic E-state index is 14.3. The van der Waals surface area contributed by atoms with Crippen LogP contribution in [-0.4, -0.2) is 32.5 Å². The molecule has 180 valence electrons. The number of hydrogen-bond acceptors (Lipinski definition) is 6. The topological polar surface area (TPSA) is 94.0 Å². The number of halogens is 2. The number of nitrogens with one attached hydrogen (secondary N) is 2. The van der Waals surface area contributed by atoms with Crippen LogP contribution in [0, 0.1) is 5.82 Å². The lowest BCUT2D eigenvalue weighted by Gasteiger charge is -2.10. The highest BCUT2D eigenvalue weighted by atomic mass is 35.5. The molecule has 10 heteroatoms. The molecular formula is C26H20ClFN6O2. The predicted molar refractivity (Wildman–Crippen MR) is 136 cm³/mol. The van der Waals surface area contributed by atoms with E-state index in [0.717, 1.165) is 11.7 Å². The van der Waals surface area contributed by atoms with Crippen LogP contribution in [-0.2, 0) is 7.05 Å². The Bertz CT molecular complexity index is 1600. The number of hydrogen-bond donors (Lipinski definition) is 2. The molecule has 0 saturated heterocycles. The van der Waals surface area contributed by atoms with Crippen molar-refractivity contribution in [2.75, 3.05) is 12.4 Å². The number of pyridine rings is 2. The summed E-state index contributed by atoms with van der Waals surface area (Å²) < 4.78 is 22.1. The Balaban J connectivity index is 1.42. The van der Waals surface area contributed by atoms with Gasteiger partial charge in [0.25, 0.3) is 5.91 Å². The van der Waals surface area contributed by atoms with E-state index in [-0.39, 0.29) is 11.6 Å². The van der Waals surface area contributed by atoms with Crippen molar-refractivity contribution in [3.63, 3.8) is 0 Å². The van der Waals surface area contributed by atoms with Crippen LogP contribution in [0.2, 0.25) is 5.02 Å². The van der Waals surface area contributed by atoms with Crippen molar-refractivity contribution < 1.29 is 13.9 Å². The van der Waals surface area contributed by atoms with E-state index in [0.29, 0.717) is 44.8 Å². The minimum Gasteiger partial charge on any atom is -0.457 e. The Morgan fingerprint density at radius 3 is 2.67 bits per heavy atom. The number of amides is 1. The summed E-state index contributed by atoms with van der Waals surface area (Å²) in [5, 5.41) is 6.24. The first kappa shape index (κ1) is 23.3. The molecule has 0 aliphatic rings. The molecule has 2 aromatic carbocycles. The van der Waals surface area contributed by atoms with Crippen molar-refractivity contribution in [1.82, 2.24) is 24.8 Å². The molecule has 3 heterocycles. The largest absolute Gasteiger partial charge is 0.457 e. The molecule has 3 aromatic heterocycles. The third-order valence-electron chi connectivity index (χ3n) is 5.56. The summed E-state index contributed by atoms with van der Waals surface area (Å²) in [6, 6.07) is 15.6. The Morgan fingerprint density at radius 2 is 1.86 bits per heavy atom. The number of aryl methyl sites for hydroxylation is 1. The zero-order valence-electron chi connectivity index (χ0n) is 19.3. The zero-order valence-corrected chi connectivity index (χ0v) is 20.0. The van der Waals surface area contributed by atoms with Crippen LogP contribution in [0.3, 0.4) is 0 Å². The van der Waals surface area contributed by atoms with Crippen LogP contribution in [0.15, 0.2) is 73.2 Å². The number of imidazole rings is 1. The third kappa shape index (κ3) is 4.56. The fraction of sp³-hybridized carbons (Fsp3) is 0.0769. The molecule has 5 rings (SSSR count). The molecule has 0 atom stereocenters. The molecule has 0 radical (unpaired) electrons. The summed E-state index contributed by atoms with van der Waals surface area (Å²) >= 11 is 6.34. The third-order valence-corrected chi connectivity index (χ3v) is 5.89. The van der Waals surface area contributed by atoms with Gasteiger partial charge >= 0.3 is 0 Å². The van der Waals surface area contributed by atoms with Crippen LogP contribution in [0.5, 0.6) is 11.5 Å². The monoisotopic (exact) mass is 502 g/mol. The summed E-state index contributed by atoms with van der Waals surface area (Å²) in [6.45, 7) is 0. The molecule has 2 N–H and O–H groups in total. The van der Waals surface area contributed by atoms with Crippen LogP contribution in [0.4, 0.5) is 16.0 Å². The van der Waals surface area contributed by atoms with Gasteiger partial charge in [0.2, 0.25) is 5.95 Å². The van der Waals surface area contributed by atoms with Gasteiger partial charge in [0.1, 0.15) is 23.0 Å². The highest BCUT2D eigenvalue weighted by Crippen LogP contribution is 2.33. The maximum absolute atomic E-state index is 14.3. The normalized spacial score (nSPS) is 10.9. The lowest BCUT2D eigenvalue weighted by molar-refractivity contribution is 0.0958. The highest BCUT2D eigenvalue weighted by Gasteiger charge is 2.13. The lowest BCUT2D eigenvalue weighted by Crippen LogP contribution is -2.18. The molecule has 0 saturated carbocycles. The number of ether oxygens (including phenoxy) is 1. The van der Waals surface area contributed by atoms with Crippen LogP contribution in [0.1, 0.15) is 10.5 Å². The lowest BCUT2D eigenvalue weighted by atomic mass is 10.1. The molecule has 36 heavy (non-hydrogen) atoms. The smallest absolute Gasteiger partial charge is 0.269 e. The second-order valence-electron chi connectivity index (χ2n) is 7.88. The van der Waals surface area contributed by atoms with Gasteiger partial charge in [-0.1, -0.05) is 11.6 Å². The SMILES string of the molecule is CNC(=O)c1cc(Oc2ccc3c(c2)nc(Nc2ccc(Cl)c(-c4ccncc4F)c2)n3C)ccn1. The minimum absolute atomic E-state index is 0.259. The number of fused-ring (bicyclic) bond motifs is 1. The van der Waals surface area contributed by atoms with Crippen molar-refractivity contribution in [3.05, 3.63) is 89.7 Å². The molecule has 1 amide bonds. The van der Waals surface area contributed by atoms with Crippen molar-refractivity contribution in [1.29, 1.82) is 0 Å². The standard InChI is InChI=1S/C26H20ClFN6O2/c1-29-25(35)23-13-17(7-10-31-23)36-16-4-6-24-22(12-16)33-26(34(24)2)32-15-3-5-20(27)19(11-15)18-8-9-30-14-21(18)28/h3-14H,1-2H3,(H,29,35)(H,32,33). The molecule has 0 bridgehead atoms. The molecule has 5 aromatic rings. The first-order chi connectivity index (χ1) is 17.4. The van der Waals surface area contributed by atoms with E-state index in [9.17, 15) is 9.18 Å². The minimum atomic E-state index is -0.455. The first-order valence-corrected chi connectivity index (χ1v) is 11.3. The Labute approximate surface area is 210 Å². The van der Waals surface area contributed by atoms with Crippen LogP contribution >= 0.6 is 11.6 Å². The first-order valence-electron chi connectivity index (χ1n) is 10.9. The average molecular weight is 503 g/mol. The molecule has 0 aliphatic heterocycles. The number of anilines is 2. The number of nitrogens with zero attached hydrogens (tertiary/aromatic N) is 4. The van der Waals surface area contributed by atoms with Gasteiger partial charge in [0.15, 0.2) is 0 Å². The Morgan fingerprint density at radius 1 is 1.03 bits per heavy atom. The Kier molecular flexibility index (Phi) is 6.22. The van der Waals surface area contributed by atoms with Gasteiger partial charge in [-0.15, -0.1) is 0 Å². The zero-order chi connectivity index (χ0) is 25.2. The van der Waals surface area contributed by atoms with Crippen LogP contribution < -0.4 is 15.4 Å². The van der Waals surface area contributed by atoms with E-state index in [1.165, 1.54) is 12.4 Å². The van der Waals surface area contributed by atoms with E-state index in [4.69, 9.17) is 16.3 Å². The van der Waals surface area contributed by atoms with Gasteiger partial charge in [-0.2, -0.15) is 0 Å². The van der Waals surface area contributed by atoms with Crippen molar-refractivity contribution in [3.8, 4) is 22.6 Å². The average Bonchev–Trinajstić information content (AvgIpc) is 3.19. The molecule has 0 spiro atoms. The van der Waals surface area contributed by atoms with Crippen molar-refractivity contribution in [2.24, 2.45) is 7.05 Å². The molecule has 0 unspecified atom stereocenters. The second-order valence-corrected chi connectivity index (χ2v) is 8.29. The molecule has 0 aliphatic carbocycles. The van der Waals surface area contributed by atoms with Gasteiger partial charge in [0, 0.05) is 60.5 Å². The van der Waals surface area contributed by atoms with Crippen molar-refractivity contribution in [2.45, 2.75) is 0 Å². The van der Waals surface area contributed by atoms with Gasteiger partial charge in [-0.3, -0.25) is 14.8 Å². The number of aromatic nitrogens is 4. The molecule has 0 fully saturated rings. The van der Waals surface area contributed by atoms with E-state index in [1.807, 2.05) is 23.7 Å². The van der Waals surface area contributed by atoms with Gasteiger partial charge in [0.05, 0.1) is 17.2 Å². The Hall–Kier alpha value is -4.50. The molecular weight excluding hydrogens is 483 g/mol.